The average Bonchev–Trinajstić information content (AvgIpc) is 1.99. The van der Waals surface area contributed by atoms with Crippen LogP contribution in [0.1, 0.15) is 20.3 Å². The van der Waals surface area contributed by atoms with Gasteiger partial charge < -0.3 is 10.0 Å². The standard InChI is InChI=1S/C8H17NO2/c1-7(6-10)4-5-9(3)8(2)11/h7,10H,4-6H2,1-3H3. The van der Waals surface area contributed by atoms with Gasteiger partial charge >= 0.3 is 0 Å². The van der Waals surface area contributed by atoms with Crippen LogP contribution >= 0.6 is 0 Å². The molecular formula is C8H17NO2. The number of hydrogen-bond acceptors (Lipinski definition) is 2. The third kappa shape index (κ3) is 4.79. The lowest BCUT2D eigenvalue weighted by atomic mass is 10.1. The maximum absolute atomic E-state index is 10.7. The molecule has 0 bridgehead atoms. The fraction of sp³-hybridized carbons (Fsp3) is 0.875. The third-order valence-electron chi connectivity index (χ3n) is 1.81. The third-order valence-corrected chi connectivity index (χ3v) is 1.81. The number of amides is 1. The average molecular weight is 159 g/mol. The molecule has 1 unspecified atom stereocenters. The highest BCUT2D eigenvalue weighted by atomic mass is 16.3. The first-order valence-electron chi connectivity index (χ1n) is 3.90. The van der Waals surface area contributed by atoms with Crippen molar-refractivity contribution in [1.82, 2.24) is 4.90 Å². The van der Waals surface area contributed by atoms with Crippen molar-refractivity contribution in [3.8, 4) is 0 Å². The Balaban J connectivity index is 3.45. The van der Waals surface area contributed by atoms with Gasteiger partial charge in [0.15, 0.2) is 0 Å². The highest BCUT2D eigenvalue weighted by Crippen LogP contribution is 2.00. The molecule has 0 rings (SSSR count). The van der Waals surface area contributed by atoms with Crippen LogP contribution in [0.5, 0.6) is 0 Å². The summed E-state index contributed by atoms with van der Waals surface area (Å²) in [6, 6.07) is 0. The fourth-order valence-electron chi connectivity index (χ4n) is 0.663. The minimum atomic E-state index is 0.0788. The molecule has 0 spiro atoms. The van der Waals surface area contributed by atoms with E-state index in [9.17, 15) is 4.79 Å². The van der Waals surface area contributed by atoms with E-state index in [0.717, 1.165) is 13.0 Å². The largest absolute Gasteiger partial charge is 0.396 e. The lowest BCUT2D eigenvalue weighted by Crippen LogP contribution is -2.26. The zero-order valence-electron chi connectivity index (χ0n) is 7.50. The molecule has 1 atom stereocenters. The molecule has 0 heterocycles. The van der Waals surface area contributed by atoms with Gasteiger partial charge in [0.05, 0.1) is 0 Å². The maximum atomic E-state index is 10.7. The van der Waals surface area contributed by atoms with Crippen LogP contribution < -0.4 is 0 Å². The Labute approximate surface area is 68.0 Å². The number of rotatable bonds is 4. The zero-order chi connectivity index (χ0) is 8.85. The summed E-state index contributed by atoms with van der Waals surface area (Å²) in [4.78, 5) is 12.4. The van der Waals surface area contributed by atoms with Crippen LogP contribution in [0.2, 0.25) is 0 Å². The van der Waals surface area contributed by atoms with Gasteiger partial charge in [0.2, 0.25) is 5.91 Å². The van der Waals surface area contributed by atoms with Gasteiger partial charge in [-0.15, -0.1) is 0 Å². The fourth-order valence-corrected chi connectivity index (χ4v) is 0.663. The molecule has 66 valence electrons. The predicted octanol–water partition coefficient (Wildman–Crippen LogP) is 0.483. The predicted molar refractivity (Wildman–Crippen MR) is 44.2 cm³/mol. The maximum Gasteiger partial charge on any atom is 0.219 e. The number of carbonyl (C=O) groups is 1. The lowest BCUT2D eigenvalue weighted by Gasteiger charge is -2.16. The SMILES string of the molecule is CC(=O)N(C)CCC(C)CO. The molecule has 11 heavy (non-hydrogen) atoms. The number of aliphatic hydroxyl groups excluding tert-OH is 1. The first-order chi connectivity index (χ1) is 5.07. The molecule has 0 aliphatic rings. The topological polar surface area (TPSA) is 40.5 Å². The zero-order valence-corrected chi connectivity index (χ0v) is 7.50. The van der Waals surface area contributed by atoms with Crippen LogP contribution in [0.3, 0.4) is 0 Å². The molecule has 0 fully saturated rings. The summed E-state index contributed by atoms with van der Waals surface area (Å²) < 4.78 is 0. The molecule has 0 saturated heterocycles. The molecule has 0 aromatic rings. The number of hydrogen-bond donors (Lipinski definition) is 1. The van der Waals surface area contributed by atoms with Crippen molar-refractivity contribution in [2.75, 3.05) is 20.2 Å². The van der Waals surface area contributed by atoms with Crippen LogP contribution in [-0.2, 0) is 4.79 Å². The van der Waals surface area contributed by atoms with Gasteiger partial charge in [-0.3, -0.25) is 4.79 Å². The molecule has 3 heteroatoms. The van der Waals surface area contributed by atoms with E-state index >= 15 is 0 Å². The quantitative estimate of drug-likeness (QED) is 0.648. The molecule has 0 aromatic carbocycles. The highest BCUT2D eigenvalue weighted by Gasteiger charge is 2.04. The minimum absolute atomic E-state index is 0.0788. The Morgan fingerprint density at radius 2 is 2.18 bits per heavy atom. The summed E-state index contributed by atoms with van der Waals surface area (Å²) in [5.74, 6) is 0.368. The van der Waals surface area contributed by atoms with Crippen molar-refractivity contribution in [3.05, 3.63) is 0 Å². The van der Waals surface area contributed by atoms with Gasteiger partial charge in [0.1, 0.15) is 0 Å². The van der Waals surface area contributed by atoms with Gasteiger partial charge in [-0.1, -0.05) is 6.92 Å². The van der Waals surface area contributed by atoms with Crippen LogP contribution in [0, 0.1) is 5.92 Å². The Morgan fingerprint density at radius 3 is 2.55 bits per heavy atom. The van der Waals surface area contributed by atoms with Crippen LogP contribution in [0.15, 0.2) is 0 Å². The normalized spacial score (nSPS) is 12.7. The monoisotopic (exact) mass is 159 g/mol. The minimum Gasteiger partial charge on any atom is -0.396 e. The van der Waals surface area contributed by atoms with Crippen LogP contribution in [0.25, 0.3) is 0 Å². The summed E-state index contributed by atoms with van der Waals surface area (Å²) >= 11 is 0. The van der Waals surface area contributed by atoms with Crippen LogP contribution in [-0.4, -0.2) is 36.1 Å². The van der Waals surface area contributed by atoms with Crippen molar-refractivity contribution < 1.29 is 9.90 Å². The van der Waals surface area contributed by atoms with Gasteiger partial charge in [-0.25, -0.2) is 0 Å². The van der Waals surface area contributed by atoms with Crippen molar-refractivity contribution in [2.24, 2.45) is 5.92 Å². The van der Waals surface area contributed by atoms with Crippen LogP contribution in [0.4, 0.5) is 0 Å². The Bertz CT molecular complexity index is 125. The molecular weight excluding hydrogens is 142 g/mol. The number of carbonyl (C=O) groups excluding carboxylic acids is 1. The summed E-state index contributed by atoms with van der Waals surface area (Å²) in [6.45, 7) is 4.44. The van der Waals surface area contributed by atoms with E-state index in [2.05, 4.69) is 0 Å². The van der Waals surface area contributed by atoms with E-state index in [4.69, 9.17) is 5.11 Å². The number of nitrogens with zero attached hydrogens (tertiary/aromatic N) is 1. The van der Waals surface area contributed by atoms with Gasteiger partial charge in [-0.05, 0) is 12.3 Å². The van der Waals surface area contributed by atoms with Gasteiger partial charge in [0.25, 0.3) is 0 Å². The van der Waals surface area contributed by atoms with E-state index in [1.807, 2.05) is 6.92 Å². The second-order valence-corrected chi connectivity index (χ2v) is 3.02. The Hall–Kier alpha value is -0.570. The van der Waals surface area contributed by atoms with Crippen molar-refractivity contribution >= 4 is 5.91 Å². The summed E-state index contributed by atoms with van der Waals surface area (Å²) in [6.07, 6.45) is 0.868. The molecule has 0 aliphatic carbocycles. The molecule has 1 amide bonds. The first-order valence-corrected chi connectivity index (χ1v) is 3.90. The Morgan fingerprint density at radius 1 is 1.64 bits per heavy atom. The van der Waals surface area contributed by atoms with E-state index in [1.165, 1.54) is 0 Å². The lowest BCUT2D eigenvalue weighted by molar-refractivity contribution is -0.127. The van der Waals surface area contributed by atoms with E-state index in [0.29, 0.717) is 0 Å². The summed E-state index contributed by atoms with van der Waals surface area (Å²) in [7, 11) is 1.77. The van der Waals surface area contributed by atoms with Crippen molar-refractivity contribution in [3.63, 3.8) is 0 Å². The van der Waals surface area contributed by atoms with Gasteiger partial charge in [-0.2, -0.15) is 0 Å². The van der Waals surface area contributed by atoms with E-state index in [-0.39, 0.29) is 18.4 Å². The number of aliphatic hydroxyl groups is 1. The molecule has 3 nitrogen and oxygen atoms in total. The molecule has 1 N–H and O–H groups in total. The van der Waals surface area contributed by atoms with E-state index in [1.54, 1.807) is 18.9 Å². The summed E-state index contributed by atoms with van der Waals surface area (Å²) in [5.41, 5.74) is 0. The summed E-state index contributed by atoms with van der Waals surface area (Å²) in [5, 5.41) is 8.68. The molecule has 0 aliphatic heterocycles. The second kappa shape index (κ2) is 5.13. The first kappa shape index (κ1) is 10.4. The van der Waals surface area contributed by atoms with Crippen molar-refractivity contribution in [1.29, 1.82) is 0 Å². The second-order valence-electron chi connectivity index (χ2n) is 3.02. The van der Waals surface area contributed by atoms with E-state index < -0.39 is 0 Å². The Kier molecular flexibility index (Phi) is 4.86. The molecule has 0 saturated carbocycles. The van der Waals surface area contributed by atoms with Gasteiger partial charge in [0, 0.05) is 27.1 Å². The smallest absolute Gasteiger partial charge is 0.219 e. The molecule has 0 radical (unpaired) electrons. The molecule has 0 aromatic heterocycles. The highest BCUT2D eigenvalue weighted by molar-refractivity contribution is 5.72. The van der Waals surface area contributed by atoms with Crippen molar-refractivity contribution in [2.45, 2.75) is 20.3 Å².